The monoisotopic (exact) mass is 211 g/mol. The summed E-state index contributed by atoms with van der Waals surface area (Å²) in [5, 5.41) is 0. The number of unbranched alkanes of at least 4 members (excludes halogenated alkanes) is 2. The molecule has 1 unspecified atom stereocenters. The van der Waals surface area contributed by atoms with Crippen molar-refractivity contribution in [2.75, 3.05) is 0 Å². The third-order valence-corrected chi connectivity index (χ3v) is 2.80. The van der Waals surface area contributed by atoms with Crippen LogP contribution in [0.4, 0.5) is 0 Å². The van der Waals surface area contributed by atoms with E-state index in [4.69, 9.17) is 0 Å². The van der Waals surface area contributed by atoms with E-state index in [-0.39, 0.29) is 0 Å². The molecule has 0 aliphatic carbocycles. The summed E-state index contributed by atoms with van der Waals surface area (Å²) in [6.45, 7) is 2.16. The molecule has 0 amide bonds. The molecule has 0 aliphatic heterocycles. The van der Waals surface area contributed by atoms with Crippen LogP contribution in [0.3, 0.4) is 0 Å². The molecule has 0 radical (unpaired) electrons. The first-order chi connectivity index (χ1) is 6.74. The zero-order chi connectivity index (χ0) is 10.4. The van der Waals surface area contributed by atoms with Crippen molar-refractivity contribution >= 4 is 11.1 Å². The number of aryl methyl sites for hydroxylation is 1. The fourth-order valence-corrected chi connectivity index (χ4v) is 1.82. The summed E-state index contributed by atoms with van der Waals surface area (Å²) < 4.78 is 21.4. The molecule has 3 heteroatoms. The van der Waals surface area contributed by atoms with Crippen molar-refractivity contribution < 1.29 is 8.76 Å². The summed E-state index contributed by atoms with van der Waals surface area (Å²) in [6.07, 6.45) is 4.49. The van der Waals surface area contributed by atoms with Gasteiger partial charge in [0.2, 0.25) is 0 Å². The molecular formula is C11H15O2S-. The normalized spacial score (nSPS) is 12.7. The summed E-state index contributed by atoms with van der Waals surface area (Å²) in [6, 6.07) is 7.14. The third kappa shape index (κ3) is 3.60. The van der Waals surface area contributed by atoms with E-state index in [1.807, 2.05) is 6.07 Å². The second kappa shape index (κ2) is 5.94. The van der Waals surface area contributed by atoms with Crippen molar-refractivity contribution in [3.8, 4) is 0 Å². The van der Waals surface area contributed by atoms with Gasteiger partial charge in [0.25, 0.3) is 0 Å². The Kier molecular flexibility index (Phi) is 4.84. The van der Waals surface area contributed by atoms with Gasteiger partial charge in [0, 0.05) is 4.90 Å². The van der Waals surface area contributed by atoms with Gasteiger partial charge in [0.15, 0.2) is 0 Å². The van der Waals surface area contributed by atoms with Crippen LogP contribution in [-0.4, -0.2) is 8.76 Å². The molecule has 0 fully saturated rings. The third-order valence-electron chi connectivity index (χ3n) is 2.16. The molecule has 0 saturated heterocycles. The predicted octanol–water partition coefficient (Wildman–Crippen LogP) is 2.66. The van der Waals surface area contributed by atoms with Crippen LogP contribution in [-0.2, 0) is 17.5 Å². The van der Waals surface area contributed by atoms with Crippen LogP contribution in [0, 0.1) is 0 Å². The largest absolute Gasteiger partial charge is 0.768 e. The fourth-order valence-electron chi connectivity index (χ4n) is 1.38. The molecule has 14 heavy (non-hydrogen) atoms. The molecule has 1 atom stereocenters. The van der Waals surface area contributed by atoms with E-state index < -0.39 is 11.1 Å². The van der Waals surface area contributed by atoms with Gasteiger partial charge in [-0.15, -0.1) is 0 Å². The average molecular weight is 211 g/mol. The Morgan fingerprint density at radius 2 is 2.14 bits per heavy atom. The lowest BCUT2D eigenvalue weighted by molar-refractivity contribution is 0.537. The molecule has 1 rings (SSSR count). The standard InChI is InChI=1S/C11H16O2S/c1-2-3-4-6-10-7-5-8-11(9-10)14(12)13/h5,7-9H,2-4,6H2,1H3,(H,12,13)/p-1. The first-order valence-corrected chi connectivity index (χ1v) is 5.99. The number of rotatable bonds is 5. The van der Waals surface area contributed by atoms with E-state index in [0.717, 1.165) is 18.4 Å². The van der Waals surface area contributed by atoms with Gasteiger partial charge in [-0.2, -0.15) is 0 Å². The molecule has 0 saturated carbocycles. The highest BCUT2D eigenvalue weighted by Crippen LogP contribution is 2.11. The zero-order valence-corrected chi connectivity index (χ0v) is 9.18. The van der Waals surface area contributed by atoms with E-state index >= 15 is 0 Å². The fraction of sp³-hybridized carbons (Fsp3) is 0.455. The van der Waals surface area contributed by atoms with E-state index in [1.165, 1.54) is 12.8 Å². The highest BCUT2D eigenvalue weighted by Gasteiger charge is 1.96. The van der Waals surface area contributed by atoms with E-state index in [9.17, 15) is 8.76 Å². The molecule has 2 nitrogen and oxygen atoms in total. The maximum absolute atomic E-state index is 10.7. The zero-order valence-electron chi connectivity index (χ0n) is 8.36. The van der Waals surface area contributed by atoms with Crippen LogP contribution in [0.2, 0.25) is 0 Å². The van der Waals surface area contributed by atoms with Gasteiger partial charge in [0.1, 0.15) is 0 Å². The van der Waals surface area contributed by atoms with Crippen LogP contribution in [0.5, 0.6) is 0 Å². The summed E-state index contributed by atoms with van der Waals surface area (Å²) in [4.78, 5) is 0.388. The Labute approximate surface area is 87.6 Å². The van der Waals surface area contributed by atoms with Crippen LogP contribution in [0.1, 0.15) is 31.7 Å². The first-order valence-electron chi connectivity index (χ1n) is 4.92. The van der Waals surface area contributed by atoms with Gasteiger partial charge in [-0.3, -0.25) is 4.21 Å². The van der Waals surface area contributed by atoms with Crippen molar-refractivity contribution in [3.63, 3.8) is 0 Å². The molecule has 0 spiro atoms. The van der Waals surface area contributed by atoms with Gasteiger partial charge in [-0.05, 0) is 41.6 Å². The average Bonchev–Trinajstić information content (AvgIpc) is 2.19. The minimum atomic E-state index is -2.10. The molecule has 0 aromatic heterocycles. The molecule has 0 heterocycles. The highest BCUT2D eigenvalue weighted by atomic mass is 32.2. The maximum atomic E-state index is 10.7. The number of hydrogen-bond acceptors (Lipinski definition) is 2. The Hall–Kier alpha value is -0.670. The predicted molar refractivity (Wildman–Crippen MR) is 56.9 cm³/mol. The summed E-state index contributed by atoms with van der Waals surface area (Å²) in [7, 11) is 0. The van der Waals surface area contributed by atoms with Gasteiger partial charge >= 0.3 is 0 Å². The van der Waals surface area contributed by atoms with Gasteiger partial charge in [-0.1, -0.05) is 31.9 Å². The topological polar surface area (TPSA) is 40.1 Å². The van der Waals surface area contributed by atoms with Crippen LogP contribution in [0.15, 0.2) is 29.2 Å². The van der Waals surface area contributed by atoms with Crippen molar-refractivity contribution in [3.05, 3.63) is 29.8 Å². The first kappa shape index (κ1) is 11.4. The van der Waals surface area contributed by atoms with Gasteiger partial charge < -0.3 is 4.55 Å². The summed E-state index contributed by atoms with van der Waals surface area (Å²) in [5.74, 6) is 0. The van der Waals surface area contributed by atoms with Crippen molar-refractivity contribution in [2.45, 2.75) is 37.5 Å². The molecular weight excluding hydrogens is 196 g/mol. The summed E-state index contributed by atoms with van der Waals surface area (Å²) in [5.41, 5.74) is 1.11. The van der Waals surface area contributed by atoms with Gasteiger partial charge in [-0.25, -0.2) is 0 Å². The lowest BCUT2D eigenvalue weighted by Crippen LogP contribution is -1.91. The van der Waals surface area contributed by atoms with E-state index in [0.29, 0.717) is 4.90 Å². The second-order valence-corrected chi connectivity index (χ2v) is 4.28. The lowest BCUT2D eigenvalue weighted by Gasteiger charge is -2.07. The number of benzene rings is 1. The van der Waals surface area contributed by atoms with Crippen molar-refractivity contribution in [1.29, 1.82) is 0 Å². The van der Waals surface area contributed by atoms with E-state index in [2.05, 4.69) is 6.92 Å². The number of hydrogen-bond donors (Lipinski definition) is 0. The molecule has 1 aromatic carbocycles. The Morgan fingerprint density at radius 1 is 1.36 bits per heavy atom. The lowest BCUT2D eigenvalue weighted by atomic mass is 10.1. The smallest absolute Gasteiger partial charge is 0.0251 e. The van der Waals surface area contributed by atoms with Crippen LogP contribution >= 0.6 is 0 Å². The highest BCUT2D eigenvalue weighted by molar-refractivity contribution is 7.79. The quantitative estimate of drug-likeness (QED) is 0.555. The van der Waals surface area contributed by atoms with Gasteiger partial charge in [0.05, 0.1) is 0 Å². The minimum Gasteiger partial charge on any atom is -0.768 e. The molecule has 0 N–H and O–H groups in total. The molecule has 0 aliphatic rings. The van der Waals surface area contributed by atoms with Crippen molar-refractivity contribution in [1.82, 2.24) is 0 Å². The Balaban J connectivity index is 2.59. The molecule has 0 bridgehead atoms. The van der Waals surface area contributed by atoms with E-state index in [1.54, 1.807) is 18.2 Å². The van der Waals surface area contributed by atoms with Crippen molar-refractivity contribution in [2.24, 2.45) is 0 Å². The molecule has 1 aromatic rings. The minimum absolute atomic E-state index is 0.388. The summed E-state index contributed by atoms with van der Waals surface area (Å²) >= 11 is -2.10. The maximum Gasteiger partial charge on any atom is 0.0251 e. The molecule has 78 valence electrons. The van der Waals surface area contributed by atoms with Crippen LogP contribution < -0.4 is 0 Å². The Morgan fingerprint density at radius 3 is 2.79 bits per heavy atom. The second-order valence-electron chi connectivity index (χ2n) is 3.34. The SMILES string of the molecule is CCCCCc1cccc(S(=O)[O-])c1. The van der Waals surface area contributed by atoms with Crippen LogP contribution in [0.25, 0.3) is 0 Å². The Bertz CT molecular complexity index is 310.